The highest BCUT2D eigenvalue weighted by molar-refractivity contribution is 4.98. The summed E-state index contributed by atoms with van der Waals surface area (Å²) in [6.45, 7) is 5.11. The molecule has 0 saturated heterocycles. The quantitative estimate of drug-likeness (QED) is 0.520. The van der Waals surface area contributed by atoms with E-state index in [0.717, 1.165) is 5.41 Å². The summed E-state index contributed by atoms with van der Waals surface area (Å²) < 4.78 is 0. The minimum atomic E-state index is 0.696. The standard InChI is InChI=1S/C13H24/c1-12(13(2)10-7-11-13)8-5-3-4-6-9-12/h3-11H2,1-2H3. The third-order valence-electron chi connectivity index (χ3n) is 5.12. The van der Waals surface area contributed by atoms with Gasteiger partial charge < -0.3 is 0 Å². The third-order valence-corrected chi connectivity index (χ3v) is 5.12. The lowest BCUT2D eigenvalue weighted by atomic mass is 9.52. The topological polar surface area (TPSA) is 0 Å². The van der Waals surface area contributed by atoms with Crippen molar-refractivity contribution in [3.63, 3.8) is 0 Å². The molecule has 0 aromatic heterocycles. The summed E-state index contributed by atoms with van der Waals surface area (Å²) in [5.41, 5.74) is 1.42. The molecule has 2 rings (SSSR count). The average molecular weight is 180 g/mol. The van der Waals surface area contributed by atoms with Gasteiger partial charge in [-0.3, -0.25) is 0 Å². The molecule has 0 amide bonds. The number of hydrogen-bond donors (Lipinski definition) is 0. The van der Waals surface area contributed by atoms with Gasteiger partial charge in [0.25, 0.3) is 0 Å². The maximum Gasteiger partial charge on any atom is -0.0272 e. The minimum Gasteiger partial charge on any atom is -0.0591 e. The van der Waals surface area contributed by atoms with Crippen molar-refractivity contribution >= 4 is 0 Å². The predicted molar refractivity (Wildman–Crippen MR) is 57.8 cm³/mol. The first-order valence-corrected chi connectivity index (χ1v) is 6.16. The van der Waals surface area contributed by atoms with Gasteiger partial charge in [-0.15, -0.1) is 0 Å². The van der Waals surface area contributed by atoms with Crippen LogP contribution in [0.15, 0.2) is 0 Å². The van der Waals surface area contributed by atoms with Crippen molar-refractivity contribution in [2.45, 2.75) is 71.6 Å². The molecule has 2 aliphatic carbocycles. The predicted octanol–water partition coefficient (Wildman–Crippen LogP) is 4.54. The molecular weight excluding hydrogens is 156 g/mol. The van der Waals surface area contributed by atoms with Crippen LogP contribution in [0.1, 0.15) is 71.6 Å². The lowest BCUT2D eigenvalue weighted by Crippen LogP contribution is -2.42. The maximum atomic E-state index is 2.57. The van der Waals surface area contributed by atoms with E-state index in [4.69, 9.17) is 0 Å². The minimum absolute atomic E-state index is 0.696. The monoisotopic (exact) mass is 180 g/mol. The van der Waals surface area contributed by atoms with E-state index in [9.17, 15) is 0 Å². The summed E-state index contributed by atoms with van der Waals surface area (Å²) in [5, 5.41) is 0. The zero-order valence-electron chi connectivity index (χ0n) is 9.36. The molecule has 0 spiro atoms. The highest BCUT2D eigenvalue weighted by Crippen LogP contribution is 2.58. The van der Waals surface area contributed by atoms with Crippen LogP contribution in [0.2, 0.25) is 0 Å². The Bertz CT molecular complexity index is 168. The zero-order chi connectivity index (χ0) is 9.36. The van der Waals surface area contributed by atoms with Crippen LogP contribution in [0, 0.1) is 10.8 Å². The van der Waals surface area contributed by atoms with Gasteiger partial charge in [0, 0.05) is 0 Å². The van der Waals surface area contributed by atoms with Crippen molar-refractivity contribution in [2.24, 2.45) is 10.8 Å². The molecule has 13 heavy (non-hydrogen) atoms. The molecule has 0 heteroatoms. The summed E-state index contributed by atoms with van der Waals surface area (Å²) in [6, 6.07) is 0. The largest absolute Gasteiger partial charge is 0.0591 e. The zero-order valence-corrected chi connectivity index (χ0v) is 9.36. The van der Waals surface area contributed by atoms with Crippen LogP contribution >= 0.6 is 0 Å². The van der Waals surface area contributed by atoms with Crippen LogP contribution in [-0.2, 0) is 0 Å². The average Bonchev–Trinajstić information content (AvgIpc) is 2.27. The Balaban J connectivity index is 2.07. The fourth-order valence-corrected chi connectivity index (χ4v) is 3.42. The first-order valence-electron chi connectivity index (χ1n) is 6.16. The Morgan fingerprint density at radius 1 is 0.538 bits per heavy atom. The molecule has 0 nitrogen and oxygen atoms in total. The summed E-state index contributed by atoms with van der Waals surface area (Å²) in [6.07, 6.45) is 13.5. The fourth-order valence-electron chi connectivity index (χ4n) is 3.42. The SMILES string of the molecule is CC1(C2(C)CCC2)CCCCCC1. The first kappa shape index (κ1) is 9.55. The van der Waals surface area contributed by atoms with E-state index in [2.05, 4.69) is 13.8 Å². The molecule has 2 saturated carbocycles. The maximum absolute atomic E-state index is 2.57. The second kappa shape index (κ2) is 3.29. The number of rotatable bonds is 1. The Hall–Kier alpha value is 0. The highest BCUT2D eigenvalue weighted by Gasteiger charge is 2.47. The Morgan fingerprint density at radius 2 is 0.923 bits per heavy atom. The number of hydrogen-bond acceptors (Lipinski definition) is 0. The third kappa shape index (κ3) is 1.53. The van der Waals surface area contributed by atoms with Crippen LogP contribution in [0.5, 0.6) is 0 Å². The van der Waals surface area contributed by atoms with Gasteiger partial charge in [-0.25, -0.2) is 0 Å². The van der Waals surface area contributed by atoms with Gasteiger partial charge in [0.15, 0.2) is 0 Å². The smallest absolute Gasteiger partial charge is 0.0272 e. The van der Waals surface area contributed by atoms with Gasteiger partial charge in [-0.05, 0) is 36.5 Å². The summed E-state index contributed by atoms with van der Waals surface area (Å²) in [7, 11) is 0. The molecule has 0 unspecified atom stereocenters. The molecule has 0 aromatic carbocycles. The Kier molecular flexibility index (Phi) is 2.42. The van der Waals surface area contributed by atoms with Crippen LogP contribution < -0.4 is 0 Å². The van der Waals surface area contributed by atoms with Gasteiger partial charge in [0.05, 0.1) is 0 Å². The molecular formula is C13H24. The fraction of sp³-hybridized carbons (Fsp3) is 1.00. The van der Waals surface area contributed by atoms with Crippen LogP contribution in [0.4, 0.5) is 0 Å². The van der Waals surface area contributed by atoms with E-state index in [0.29, 0.717) is 5.41 Å². The Labute approximate surface area is 83.1 Å². The van der Waals surface area contributed by atoms with E-state index >= 15 is 0 Å². The molecule has 76 valence electrons. The van der Waals surface area contributed by atoms with Crippen molar-refractivity contribution in [1.29, 1.82) is 0 Å². The molecule has 0 aliphatic heterocycles. The molecule has 0 heterocycles. The van der Waals surface area contributed by atoms with Crippen molar-refractivity contribution < 1.29 is 0 Å². The summed E-state index contributed by atoms with van der Waals surface area (Å²) in [4.78, 5) is 0. The highest BCUT2D eigenvalue weighted by atomic mass is 14.5. The van der Waals surface area contributed by atoms with Crippen molar-refractivity contribution in [1.82, 2.24) is 0 Å². The molecule has 0 N–H and O–H groups in total. The van der Waals surface area contributed by atoms with E-state index in [1.807, 2.05) is 0 Å². The van der Waals surface area contributed by atoms with E-state index in [-0.39, 0.29) is 0 Å². The van der Waals surface area contributed by atoms with E-state index in [1.165, 1.54) is 57.8 Å². The Morgan fingerprint density at radius 3 is 1.23 bits per heavy atom. The lowest BCUT2D eigenvalue weighted by Gasteiger charge is -2.53. The normalized spacial score (nSPS) is 31.8. The van der Waals surface area contributed by atoms with Crippen LogP contribution in [0.3, 0.4) is 0 Å². The van der Waals surface area contributed by atoms with Crippen molar-refractivity contribution in [3.8, 4) is 0 Å². The van der Waals surface area contributed by atoms with E-state index in [1.54, 1.807) is 0 Å². The van der Waals surface area contributed by atoms with E-state index < -0.39 is 0 Å². The van der Waals surface area contributed by atoms with Gasteiger partial charge in [-0.2, -0.15) is 0 Å². The molecule has 2 fully saturated rings. The van der Waals surface area contributed by atoms with Crippen molar-refractivity contribution in [2.75, 3.05) is 0 Å². The van der Waals surface area contributed by atoms with Gasteiger partial charge >= 0.3 is 0 Å². The molecule has 0 atom stereocenters. The van der Waals surface area contributed by atoms with Gasteiger partial charge in [-0.1, -0.05) is 46.0 Å². The first-order chi connectivity index (χ1) is 6.16. The molecule has 0 radical (unpaired) electrons. The second-order valence-corrected chi connectivity index (χ2v) is 5.89. The van der Waals surface area contributed by atoms with Crippen molar-refractivity contribution in [3.05, 3.63) is 0 Å². The van der Waals surface area contributed by atoms with Gasteiger partial charge in [0.1, 0.15) is 0 Å². The van der Waals surface area contributed by atoms with Crippen LogP contribution in [0.25, 0.3) is 0 Å². The molecule has 2 aliphatic rings. The molecule has 0 aromatic rings. The van der Waals surface area contributed by atoms with Crippen LogP contribution in [-0.4, -0.2) is 0 Å². The lowest BCUT2D eigenvalue weighted by molar-refractivity contribution is -0.0225. The summed E-state index contributed by atoms with van der Waals surface area (Å²) >= 11 is 0. The second-order valence-electron chi connectivity index (χ2n) is 5.89. The van der Waals surface area contributed by atoms with Gasteiger partial charge in [0.2, 0.25) is 0 Å². The molecule has 0 bridgehead atoms. The summed E-state index contributed by atoms with van der Waals surface area (Å²) in [5.74, 6) is 0.